The Kier molecular flexibility index (Phi) is 3.40. The summed E-state index contributed by atoms with van der Waals surface area (Å²) in [5.41, 5.74) is 5.09. The molecule has 3 heterocycles. The molecule has 1 aliphatic heterocycles. The largest absolute Gasteiger partial charge is 0.265 e. The number of hydrogen-bond acceptors (Lipinski definition) is 5. The van der Waals surface area contributed by atoms with E-state index in [1.54, 1.807) is 12.4 Å². The molecular weight excluding hydrogens is 312 g/mol. The number of hydrogen-bond donors (Lipinski definition) is 0. The molecule has 0 N–H and O–H groups in total. The molecule has 0 saturated heterocycles. The lowest BCUT2D eigenvalue weighted by Gasteiger charge is -2.09. The van der Waals surface area contributed by atoms with Gasteiger partial charge in [-0.3, -0.25) is 9.98 Å². The van der Waals surface area contributed by atoms with Gasteiger partial charge in [-0.2, -0.15) is 0 Å². The second kappa shape index (κ2) is 5.88. The van der Waals surface area contributed by atoms with Crippen molar-refractivity contribution in [1.82, 2.24) is 20.0 Å². The molecule has 0 bridgehead atoms. The van der Waals surface area contributed by atoms with E-state index in [1.165, 1.54) is 25.7 Å². The lowest BCUT2D eigenvalue weighted by molar-refractivity contribution is 0.467. The van der Waals surface area contributed by atoms with E-state index < -0.39 is 0 Å². The predicted octanol–water partition coefficient (Wildman–Crippen LogP) is 3.19. The quantitative estimate of drug-likeness (QED) is 0.740. The average Bonchev–Trinajstić information content (AvgIpc) is 3.41. The van der Waals surface area contributed by atoms with Gasteiger partial charge in [0.25, 0.3) is 0 Å². The fourth-order valence-corrected chi connectivity index (χ4v) is 3.70. The topological polar surface area (TPSA) is 68.3 Å². The molecule has 1 aromatic carbocycles. The number of rotatable bonds is 3. The number of aromatic nitrogens is 4. The first-order valence-corrected chi connectivity index (χ1v) is 8.76. The number of nitrogens with zero attached hydrogens (tertiary/aromatic N) is 6. The van der Waals surface area contributed by atoms with Crippen LogP contribution in [0.4, 0.5) is 0 Å². The van der Waals surface area contributed by atoms with Crippen LogP contribution in [0.15, 0.2) is 52.7 Å². The average molecular weight is 330 g/mol. The zero-order valence-electron chi connectivity index (χ0n) is 13.8. The highest BCUT2D eigenvalue weighted by Crippen LogP contribution is 2.31. The highest BCUT2D eigenvalue weighted by molar-refractivity contribution is 6.17. The van der Waals surface area contributed by atoms with Crippen LogP contribution in [0.2, 0.25) is 0 Å². The van der Waals surface area contributed by atoms with E-state index in [0.29, 0.717) is 12.6 Å². The monoisotopic (exact) mass is 330 g/mol. The minimum absolute atomic E-state index is 0.501. The third-order valence-corrected chi connectivity index (χ3v) is 5.03. The van der Waals surface area contributed by atoms with Crippen LogP contribution in [0.1, 0.15) is 42.9 Å². The van der Waals surface area contributed by atoms with Crippen LogP contribution in [-0.2, 0) is 0 Å². The molecular formula is C19H18N6. The van der Waals surface area contributed by atoms with Gasteiger partial charge in [-0.15, -0.1) is 5.10 Å². The molecule has 1 aliphatic carbocycles. The molecule has 1 saturated carbocycles. The number of amidine groups is 1. The van der Waals surface area contributed by atoms with Gasteiger partial charge in [0.15, 0.2) is 5.84 Å². The van der Waals surface area contributed by atoms with Crippen molar-refractivity contribution >= 4 is 22.6 Å². The third-order valence-electron chi connectivity index (χ3n) is 5.03. The van der Waals surface area contributed by atoms with Crippen LogP contribution < -0.4 is 0 Å². The van der Waals surface area contributed by atoms with Crippen molar-refractivity contribution in [2.75, 3.05) is 6.54 Å². The van der Waals surface area contributed by atoms with Crippen molar-refractivity contribution in [3.05, 3.63) is 53.9 Å². The maximum Gasteiger partial charge on any atom is 0.155 e. The third kappa shape index (κ3) is 2.54. The minimum atomic E-state index is 0.501. The van der Waals surface area contributed by atoms with E-state index >= 15 is 0 Å². The molecule has 6 nitrogen and oxygen atoms in total. The van der Waals surface area contributed by atoms with Gasteiger partial charge in [0.05, 0.1) is 23.8 Å². The van der Waals surface area contributed by atoms with Gasteiger partial charge in [-0.25, -0.2) is 9.67 Å². The van der Waals surface area contributed by atoms with Gasteiger partial charge in [0, 0.05) is 23.5 Å². The van der Waals surface area contributed by atoms with Gasteiger partial charge >= 0.3 is 0 Å². The normalized spacial score (nSPS) is 17.9. The second-order valence-corrected chi connectivity index (χ2v) is 6.61. The summed E-state index contributed by atoms with van der Waals surface area (Å²) in [4.78, 5) is 13.3. The van der Waals surface area contributed by atoms with Crippen molar-refractivity contribution in [2.45, 2.75) is 31.7 Å². The van der Waals surface area contributed by atoms with Crippen LogP contribution in [-0.4, -0.2) is 38.1 Å². The molecule has 124 valence electrons. The molecule has 6 heteroatoms. The molecule has 1 fully saturated rings. The number of pyridine rings is 1. The molecule has 0 spiro atoms. The van der Waals surface area contributed by atoms with Crippen molar-refractivity contribution in [1.29, 1.82) is 0 Å². The Morgan fingerprint density at radius 3 is 2.64 bits per heavy atom. The second-order valence-electron chi connectivity index (χ2n) is 6.61. The summed E-state index contributed by atoms with van der Waals surface area (Å²) in [6, 6.07) is 10.7. The van der Waals surface area contributed by atoms with Gasteiger partial charge in [-0.1, -0.05) is 24.1 Å². The summed E-state index contributed by atoms with van der Waals surface area (Å²) in [6.45, 7) is 0.597. The summed E-state index contributed by atoms with van der Waals surface area (Å²) in [5, 5.41) is 8.78. The molecule has 0 radical (unpaired) electrons. The van der Waals surface area contributed by atoms with E-state index in [9.17, 15) is 0 Å². The summed E-state index contributed by atoms with van der Waals surface area (Å²) in [7, 11) is 0. The standard InChI is InChI=1S/C19H18N6/c1-2-4-15(3-1)25-18-6-5-14(11-16(18)23-24-25)17-12-21-19(22-17)13-7-9-20-10-8-13/h5-11,15H,1-4,12H2. The first-order chi connectivity index (χ1) is 12.4. The SMILES string of the molecule is c1cc(C2=NCC(c3ccc4c(c3)nnn4C3CCCC3)=N2)ccn1. The van der Waals surface area contributed by atoms with Crippen molar-refractivity contribution in [3.63, 3.8) is 0 Å². The fourth-order valence-electron chi connectivity index (χ4n) is 3.70. The summed E-state index contributed by atoms with van der Waals surface area (Å²) < 4.78 is 2.10. The van der Waals surface area contributed by atoms with Gasteiger partial charge in [0.1, 0.15) is 5.52 Å². The zero-order valence-corrected chi connectivity index (χ0v) is 13.8. The Labute approximate surface area is 145 Å². The summed E-state index contributed by atoms with van der Waals surface area (Å²) >= 11 is 0. The first-order valence-electron chi connectivity index (χ1n) is 8.76. The molecule has 2 aromatic heterocycles. The Bertz CT molecular complexity index is 980. The highest BCUT2D eigenvalue weighted by Gasteiger charge is 2.21. The molecule has 0 amide bonds. The maximum absolute atomic E-state index is 4.70. The molecule has 2 aliphatic rings. The smallest absolute Gasteiger partial charge is 0.155 e. The molecule has 5 rings (SSSR count). The van der Waals surface area contributed by atoms with E-state index in [-0.39, 0.29) is 0 Å². The van der Waals surface area contributed by atoms with Gasteiger partial charge < -0.3 is 0 Å². The van der Waals surface area contributed by atoms with Crippen molar-refractivity contribution in [2.24, 2.45) is 9.98 Å². The van der Waals surface area contributed by atoms with E-state index in [0.717, 1.165) is 33.7 Å². The number of aliphatic imine (C=N–C) groups is 2. The molecule has 0 unspecified atom stereocenters. The Morgan fingerprint density at radius 2 is 1.80 bits per heavy atom. The Balaban J connectivity index is 1.46. The lowest BCUT2D eigenvalue weighted by Crippen LogP contribution is -2.06. The maximum atomic E-state index is 4.70. The van der Waals surface area contributed by atoms with E-state index in [2.05, 4.69) is 43.2 Å². The molecule has 0 atom stereocenters. The summed E-state index contributed by atoms with van der Waals surface area (Å²) in [5.74, 6) is 0.770. The molecule has 3 aromatic rings. The van der Waals surface area contributed by atoms with Crippen molar-refractivity contribution in [3.8, 4) is 0 Å². The minimum Gasteiger partial charge on any atom is -0.265 e. The van der Waals surface area contributed by atoms with Gasteiger partial charge in [0.2, 0.25) is 0 Å². The van der Waals surface area contributed by atoms with Crippen LogP contribution in [0.3, 0.4) is 0 Å². The Hall–Kier alpha value is -2.89. The number of fused-ring (bicyclic) bond motifs is 1. The zero-order chi connectivity index (χ0) is 16.6. The summed E-state index contributed by atoms with van der Waals surface area (Å²) in [6.07, 6.45) is 8.51. The van der Waals surface area contributed by atoms with Crippen LogP contribution >= 0.6 is 0 Å². The fraction of sp³-hybridized carbons (Fsp3) is 0.316. The molecule has 25 heavy (non-hydrogen) atoms. The van der Waals surface area contributed by atoms with Crippen LogP contribution in [0.25, 0.3) is 11.0 Å². The van der Waals surface area contributed by atoms with E-state index in [4.69, 9.17) is 4.99 Å². The predicted molar refractivity (Wildman–Crippen MR) is 97.2 cm³/mol. The highest BCUT2D eigenvalue weighted by atomic mass is 15.4. The van der Waals surface area contributed by atoms with Crippen molar-refractivity contribution < 1.29 is 0 Å². The van der Waals surface area contributed by atoms with Crippen LogP contribution in [0.5, 0.6) is 0 Å². The number of benzene rings is 1. The van der Waals surface area contributed by atoms with E-state index in [1.807, 2.05) is 12.1 Å². The van der Waals surface area contributed by atoms with Gasteiger partial charge in [-0.05, 0) is 37.1 Å². The first kappa shape index (κ1) is 14.5. The lowest BCUT2D eigenvalue weighted by atomic mass is 10.1. The van der Waals surface area contributed by atoms with Crippen LogP contribution in [0, 0.1) is 0 Å². The Morgan fingerprint density at radius 1 is 0.960 bits per heavy atom.